The molecule has 7 nitrogen and oxygen atoms in total. The summed E-state index contributed by atoms with van der Waals surface area (Å²) in [5.74, 6) is 1.21. The van der Waals surface area contributed by atoms with Crippen molar-refractivity contribution in [2.75, 3.05) is 40.3 Å². The zero-order chi connectivity index (χ0) is 20.3. The van der Waals surface area contributed by atoms with Crippen molar-refractivity contribution >= 4 is 17.7 Å². The molecule has 28 heavy (non-hydrogen) atoms. The second-order valence-electron chi connectivity index (χ2n) is 8.69. The quantitative estimate of drug-likeness (QED) is 0.717. The van der Waals surface area contributed by atoms with Crippen molar-refractivity contribution in [2.45, 2.75) is 58.0 Å². The third-order valence-corrected chi connectivity index (χ3v) is 7.10. The van der Waals surface area contributed by atoms with Gasteiger partial charge < -0.3 is 19.9 Å². The highest BCUT2D eigenvalue weighted by atomic mass is 16.5. The summed E-state index contributed by atoms with van der Waals surface area (Å²) in [5.41, 5.74) is -0.779. The van der Waals surface area contributed by atoms with Crippen molar-refractivity contribution in [1.82, 2.24) is 15.1 Å². The van der Waals surface area contributed by atoms with Gasteiger partial charge in [-0.25, -0.2) is 0 Å². The van der Waals surface area contributed by atoms with E-state index in [1.807, 2.05) is 9.80 Å². The van der Waals surface area contributed by atoms with Gasteiger partial charge in [0.25, 0.3) is 5.91 Å². The lowest BCUT2D eigenvalue weighted by atomic mass is 9.80. The van der Waals surface area contributed by atoms with Crippen molar-refractivity contribution < 1.29 is 19.1 Å². The van der Waals surface area contributed by atoms with Gasteiger partial charge in [0.15, 0.2) is 0 Å². The second-order valence-corrected chi connectivity index (χ2v) is 8.69. The van der Waals surface area contributed by atoms with Crippen LogP contribution in [0.1, 0.15) is 51.9 Å². The first-order chi connectivity index (χ1) is 13.4. The summed E-state index contributed by atoms with van der Waals surface area (Å²) in [7, 11) is 3.18. The van der Waals surface area contributed by atoms with Crippen LogP contribution in [0.2, 0.25) is 0 Å². The standard InChI is InChI=1S/C21H35N3O4/c1-15(28-3)18(25)23-12-6-17(7-13-23)16-5-4-11-24(14-8-16)20(27)21(9-10-21)19(26)22-2/h15-17H,4-14H2,1-3H3,(H,22,26). The fraction of sp³-hybridized carbons (Fsp3) is 0.857. The molecule has 1 saturated carbocycles. The Morgan fingerprint density at radius 3 is 2.07 bits per heavy atom. The van der Waals surface area contributed by atoms with E-state index in [4.69, 9.17) is 4.74 Å². The Kier molecular flexibility index (Phi) is 6.63. The van der Waals surface area contributed by atoms with Gasteiger partial charge in [-0.15, -0.1) is 0 Å². The summed E-state index contributed by atoms with van der Waals surface area (Å²) in [4.78, 5) is 41.2. The molecule has 3 rings (SSSR count). The number of nitrogens with zero attached hydrogens (tertiary/aromatic N) is 2. The number of nitrogens with one attached hydrogen (secondary N) is 1. The number of amides is 3. The highest BCUT2D eigenvalue weighted by Crippen LogP contribution is 2.48. The van der Waals surface area contributed by atoms with Gasteiger partial charge >= 0.3 is 0 Å². The molecule has 2 unspecified atom stereocenters. The van der Waals surface area contributed by atoms with Gasteiger partial charge in [-0.1, -0.05) is 0 Å². The number of likely N-dealkylation sites (tertiary alicyclic amines) is 2. The van der Waals surface area contributed by atoms with Crippen LogP contribution in [0.3, 0.4) is 0 Å². The van der Waals surface area contributed by atoms with Gasteiger partial charge in [-0.05, 0) is 63.7 Å². The molecule has 0 aromatic carbocycles. The molecule has 3 amide bonds. The molecule has 0 aromatic heterocycles. The Labute approximate surface area is 168 Å². The Balaban J connectivity index is 1.50. The minimum atomic E-state index is -0.779. The molecule has 1 N–H and O–H groups in total. The fourth-order valence-corrected chi connectivity index (χ4v) is 4.95. The third-order valence-electron chi connectivity index (χ3n) is 7.10. The zero-order valence-electron chi connectivity index (χ0n) is 17.5. The van der Waals surface area contributed by atoms with E-state index in [1.54, 1.807) is 21.1 Å². The number of ether oxygens (including phenoxy) is 1. The Bertz CT molecular complexity index is 596. The van der Waals surface area contributed by atoms with Crippen LogP contribution in [0, 0.1) is 17.3 Å². The average molecular weight is 394 g/mol. The molecular formula is C21H35N3O4. The van der Waals surface area contributed by atoms with Crippen LogP contribution < -0.4 is 5.32 Å². The lowest BCUT2D eigenvalue weighted by Crippen LogP contribution is -2.45. The van der Waals surface area contributed by atoms with E-state index in [1.165, 1.54) is 0 Å². The molecule has 1 aliphatic carbocycles. The summed E-state index contributed by atoms with van der Waals surface area (Å²) in [6, 6.07) is 0. The molecule has 0 bridgehead atoms. The van der Waals surface area contributed by atoms with E-state index >= 15 is 0 Å². The summed E-state index contributed by atoms with van der Waals surface area (Å²) in [6.07, 6.45) is 6.18. The van der Waals surface area contributed by atoms with Crippen molar-refractivity contribution in [3.05, 3.63) is 0 Å². The number of carbonyl (C=O) groups excluding carboxylic acids is 3. The summed E-state index contributed by atoms with van der Waals surface area (Å²) < 4.78 is 5.16. The van der Waals surface area contributed by atoms with Crippen LogP contribution in [0.15, 0.2) is 0 Å². The van der Waals surface area contributed by atoms with E-state index < -0.39 is 5.41 Å². The normalized spacial score (nSPS) is 26.3. The van der Waals surface area contributed by atoms with Crippen LogP contribution in [0.5, 0.6) is 0 Å². The largest absolute Gasteiger partial charge is 0.372 e. The van der Waals surface area contributed by atoms with Gasteiger partial charge in [0, 0.05) is 40.3 Å². The molecule has 2 saturated heterocycles. The minimum Gasteiger partial charge on any atom is -0.372 e. The first-order valence-corrected chi connectivity index (χ1v) is 10.8. The van der Waals surface area contributed by atoms with E-state index in [9.17, 15) is 14.4 Å². The molecule has 0 aromatic rings. The predicted octanol–water partition coefficient (Wildman–Crippen LogP) is 1.41. The number of rotatable bonds is 5. The molecule has 3 aliphatic rings. The van der Waals surface area contributed by atoms with E-state index in [0.29, 0.717) is 24.7 Å². The number of hydrogen-bond donors (Lipinski definition) is 1. The fourth-order valence-electron chi connectivity index (χ4n) is 4.95. The van der Waals surface area contributed by atoms with E-state index in [-0.39, 0.29) is 23.8 Å². The summed E-state index contributed by atoms with van der Waals surface area (Å²) in [5, 5.41) is 2.66. The number of hydrogen-bond acceptors (Lipinski definition) is 4. The third kappa shape index (κ3) is 4.19. The van der Waals surface area contributed by atoms with Crippen LogP contribution >= 0.6 is 0 Å². The highest BCUT2D eigenvalue weighted by molar-refractivity contribution is 6.07. The molecule has 0 spiro atoms. The Morgan fingerprint density at radius 1 is 0.964 bits per heavy atom. The number of piperidine rings is 1. The first-order valence-electron chi connectivity index (χ1n) is 10.8. The maximum absolute atomic E-state index is 12.9. The predicted molar refractivity (Wildman–Crippen MR) is 105 cm³/mol. The van der Waals surface area contributed by atoms with Crippen molar-refractivity contribution in [3.8, 4) is 0 Å². The molecule has 0 radical (unpaired) electrons. The van der Waals surface area contributed by atoms with Gasteiger partial charge in [0.2, 0.25) is 11.8 Å². The summed E-state index contributed by atoms with van der Waals surface area (Å²) >= 11 is 0. The maximum Gasteiger partial charge on any atom is 0.251 e. The van der Waals surface area contributed by atoms with Crippen molar-refractivity contribution in [3.63, 3.8) is 0 Å². The molecule has 158 valence electrons. The zero-order valence-corrected chi connectivity index (χ0v) is 17.5. The molecule has 2 aliphatic heterocycles. The van der Waals surface area contributed by atoms with Gasteiger partial charge in [-0.3, -0.25) is 14.4 Å². The maximum atomic E-state index is 12.9. The smallest absolute Gasteiger partial charge is 0.251 e. The topological polar surface area (TPSA) is 79.0 Å². The Hall–Kier alpha value is -1.63. The van der Waals surface area contributed by atoms with Gasteiger partial charge in [0.05, 0.1) is 0 Å². The molecule has 3 fully saturated rings. The minimum absolute atomic E-state index is 0.0291. The lowest BCUT2D eigenvalue weighted by Gasteiger charge is -2.36. The van der Waals surface area contributed by atoms with E-state index in [2.05, 4.69) is 5.32 Å². The number of carbonyl (C=O) groups is 3. The molecule has 2 atom stereocenters. The van der Waals surface area contributed by atoms with Crippen molar-refractivity contribution in [1.29, 1.82) is 0 Å². The Morgan fingerprint density at radius 2 is 1.54 bits per heavy atom. The SMILES string of the molecule is CNC(=O)C1(C(=O)N2CCCC(C3CCN(C(=O)C(C)OC)CC3)CC2)CC1. The highest BCUT2D eigenvalue weighted by Gasteiger charge is 2.57. The van der Waals surface area contributed by atoms with Gasteiger partial charge in [-0.2, -0.15) is 0 Å². The average Bonchev–Trinajstić information content (AvgIpc) is 3.56. The first kappa shape index (κ1) is 21.1. The van der Waals surface area contributed by atoms with Crippen LogP contribution in [-0.4, -0.2) is 74.0 Å². The van der Waals surface area contributed by atoms with Crippen LogP contribution in [-0.2, 0) is 19.1 Å². The monoisotopic (exact) mass is 393 g/mol. The van der Waals surface area contributed by atoms with Gasteiger partial charge in [0.1, 0.15) is 11.5 Å². The molecule has 7 heteroatoms. The molecular weight excluding hydrogens is 358 g/mol. The van der Waals surface area contributed by atoms with Crippen LogP contribution in [0.25, 0.3) is 0 Å². The van der Waals surface area contributed by atoms with Crippen molar-refractivity contribution in [2.24, 2.45) is 17.3 Å². The number of methoxy groups -OCH3 is 1. The van der Waals surface area contributed by atoms with Crippen LogP contribution in [0.4, 0.5) is 0 Å². The second kappa shape index (κ2) is 8.80. The summed E-state index contributed by atoms with van der Waals surface area (Å²) in [6.45, 7) is 4.92. The molecule has 2 heterocycles. The lowest BCUT2D eigenvalue weighted by molar-refractivity contribution is -0.144. The van der Waals surface area contributed by atoms with E-state index in [0.717, 1.165) is 58.3 Å².